The van der Waals surface area contributed by atoms with Crippen LogP contribution in [0.4, 0.5) is 0 Å². The van der Waals surface area contributed by atoms with E-state index in [4.69, 9.17) is 0 Å². The van der Waals surface area contributed by atoms with Gasteiger partial charge in [0.25, 0.3) is 5.56 Å². The Labute approximate surface area is 112 Å². The van der Waals surface area contributed by atoms with Gasteiger partial charge >= 0.3 is 5.69 Å². The molecule has 0 spiro atoms. The lowest BCUT2D eigenvalue weighted by Crippen LogP contribution is -2.36. The molecule has 2 atom stereocenters. The van der Waals surface area contributed by atoms with E-state index in [2.05, 4.69) is 33.2 Å². The molecule has 1 saturated carbocycles. The van der Waals surface area contributed by atoms with Crippen molar-refractivity contribution in [3.05, 3.63) is 31.5 Å². The van der Waals surface area contributed by atoms with E-state index in [0.717, 1.165) is 11.0 Å². The van der Waals surface area contributed by atoms with Crippen molar-refractivity contribution in [1.29, 1.82) is 0 Å². The van der Waals surface area contributed by atoms with Gasteiger partial charge in [-0.25, -0.2) is 4.79 Å². The molecule has 2 rings (SSSR count). The van der Waals surface area contributed by atoms with Crippen LogP contribution in [0.1, 0.15) is 13.3 Å². The first-order chi connectivity index (χ1) is 8.47. The van der Waals surface area contributed by atoms with Crippen molar-refractivity contribution in [2.75, 3.05) is 6.54 Å². The lowest BCUT2D eigenvalue weighted by atomic mass is 10.3. The first kappa shape index (κ1) is 13.1. The van der Waals surface area contributed by atoms with E-state index >= 15 is 0 Å². The summed E-state index contributed by atoms with van der Waals surface area (Å²) in [5.74, 6) is 1.01. The molecule has 1 aliphatic carbocycles. The van der Waals surface area contributed by atoms with Crippen LogP contribution in [-0.4, -0.2) is 22.0 Å². The van der Waals surface area contributed by atoms with E-state index in [0.29, 0.717) is 18.4 Å². The van der Waals surface area contributed by atoms with Crippen LogP contribution < -0.4 is 16.6 Å². The topological polar surface area (TPSA) is 84.0 Å². The average molecular weight is 316 g/mol. The second-order valence-electron chi connectivity index (χ2n) is 4.64. The number of hydrogen-bond acceptors (Lipinski definition) is 3. The number of nitrogens with one attached hydrogen (secondary N) is 2. The maximum absolute atomic E-state index is 11.6. The molecule has 6 nitrogen and oxygen atoms in total. The smallest absolute Gasteiger partial charge is 0.328 e. The van der Waals surface area contributed by atoms with E-state index in [1.807, 2.05) is 0 Å². The number of carbonyl (C=O) groups is 1. The first-order valence-electron chi connectivity index (χ1n) is 5.73. The third-order valence-corrected chi connectivity index (χ3v) is 3.68. The minimum absolute atomic E-state index is 0.0880. The monoisotopic (exact) mass is 315 g/mol. The Morgan fingerprint density at radius 2 is 2.28 bits per heavy atom. The Balaban J connectivity index is 1.96. The fourth-order valence-electron chi connectivity index (χ4n) is 1.74. The number of rotatable bonds is 4. The van der Waals surface area contributed by atoms with Crippen molar-refractivity contribution in [1.82, 2.24) is 14.9 Å². The van der Waals surface area contributed by atoms with Gasteiger partial charge in [0.15, 0.2) is 0 Å². The van der Waals surface area contributed by atoms with Crippen LogP contribution in [0.3, 0.4) is 0 Å². The van der Waals surface area contributed by atoms with Crippen molar-refractivity contribution in [2.45, 2.75) is 19.9 Å². The molecular formula is C11H14BrN3O3. The fourth-order valence-corrected chi connectivity index (χ4v) is 2.09. The molecule has 18 heavy (non-hydrogen) atoms. The maximum Gasteiger partial charge on any atom is 0.328 e. The van der Waals surface area contributed by atoms with Crippen LogP contribution in [0.2, 0.25) is 0 Å². The Kier molecular flexibility index (Phi) is 3.70. The highest BCUT2D eigenvalue weighted by molar-refractivity contribution is 9.10. The van der Waals surface area contributed by atoms with Crippen molar-refractivity contribution >= 4 is 21.8 Å². The number of carbonyl (C=O) groups excluding carboxylic acids is 1. The van der Waals surface area contributed by atoms with Gasteiger partial charge in [-0.15, -0.1) is 0 Å². The van der Waals surface area contributed by atoms with Crippen LogP contribution in [0.5, 0.6) is 0 Å². The molecule has 1 aromatic heterocycles. The van der Waals surface area contributed by atoms with Gasteiger partial charge in [0.05, 0.1) is 4.47 Å². The van der Waals surface area contributed by atoms with Gasteiger partial charge in [-0.2, -0.15) is 0 Å². The molecule has 0 aliphatic heterocycles. The summed E-state index contributed by atoms with van der Waals surface area (Å²) in [7, 11) is 0. The van der Waals surface area contributed by atoms with E-state index in [-0.39, 0.29) is 16.9 Å². The third kappa shape index (κ3) is 3.10. The second kappa shape index (κ2) is 5.09. The summed E-state index contributed by atoms with van der Waals surface area (Å²) in [6.45, 7) is 2.70. The number of halogens is 1. The quantitative estimate of drug-likeness (QED) is 0.824. The van der Waals surface area contributed by atoms with Crippen molar-refractivity contribution < 1.29 is 4.79 Å². The van der Waals surface area contributed by atoms with E-state index < -0.39 is 11.2 Å². The first-order valence-corrected chi connectivity index (χ1v) is 6.52. The van der Waals surface area contributed by atoms with Gasteiger partial charge in [-0.05, 0) is 34.2 Å². The molecule has 1 fully saturated rings. The zero-order valence-electron chi connectivity index (χ0n) is 9.90. The van der Waals surface area contributed by atoms with Crippen LogP contribution in [0.25, 0.3) is 0 Å². The molecule has 1 aromatic rings. The zero-order valence-corrected chi connectivity index (χ0v) is 11.5. The molecule has 0 unspecified atom stereocenters. The molecule has 1 aliphatic rings. The predicted octanol–water partition coefficient (Wildman–Crippen LogP) is 0.0713. The number of H-pyrrole nitrogens is 1. The minimum atomic E-state index is -0.585. The fraction of sp³-hybridized carbons (Fsp3) is 0.545. The highest BCUT2D eigenvalue weighted by atomic mass is 79.9. The predicted molar refractivity (Wildman–Crippen MR) is 69.3 cm³/mol. The largest absolute Gasteiger partial charge is 0.354 e. The Bertz CT molecular complexity index is 578. The SMILES string of the molecule is C[C@@H]1C[C@H]1CNC(=O)Cn1cc(Br)c(=O)[nH]c1=O. The molecule has 1 heterocycles. The van der Waals surface area contributed by atoms with Gasteiger partial charge in [0.1, 0.15) is 6.54 Å². The van der Waals surface area contributed by atoms with Crippen molar-refractivity contribution in [3.8, 4) is 0 Å². The number of hydrogen-bond donors (Lipinski definition) is 2. The number of nitrogens with zero attached hydrogens (tertiary/aromatic N) is 1. The second-order valence-corrected chi connectivity index (χ2v) is 5.50. The molecule has 0 radical (unpaired) electrons. The van der Waals surface area contributed by atoms with Gasteiger partial charge < -0.3 is 5.32 Å². The third-order valence-electron chi connectivity index (χ3n) is 3.12. The van der Waals surface area contributed by atoms with Crippen LogP contribution in [0.15, 0.2) is 20.3 Å². The number of aromatic amines is 1. The molecule has 0 aromatic carbocycles. The highest BCUT2D eigenvalue weighted by Gasteiger charge is 2.32. The zero-order chi connectivity index (χ0) is 13.3. The van der Waals surface area contributed by atoms with Gasteiger partial charge in [0.2, 0.25) is 5.91 Å². The molecule has 98 valence electrons. The summed E-state index contributed by atoms with van der Waals surface area (Å²) in [6.07, 6.45) is 2.46. The number of aromatic nitrogens is 2. The summed E-state index contributed by atoms with van der Waals surface area (Å²) in [5.41, 5.74) is -1.08. The van der Waals surface area contributed by atoms with Gasteiger partial charge in [-0.3, -0.25) is 19.1 Å². The molecular weight excluding hydrogens is 302 g/mol. The molecule has 7 heteroatoms. The Morgan fingerprint density at radius 3 is 2.89 bits per heavy atom. The minimum Gasteiger partial charge on any atom is -0.354 e. The summed E-state index contributed by atoms with van der Waals surface area (Å²) in [5, 5.41) is 2.78. The summed E-state index contributed by atoms with van der Waals surface area (Å²) in [6, 6.07) is 0. The average Bonchev–Trinajstić information content (AvgIpc) is 3.00. The lowest BCUT2D eigenvalue weighted by Gasteiger charge is -2.06. The molecule has 0 bridgehead atoms. The van der Waals surface area contributed by atoms with Crippen LogP contribution in [-0.2, 0) is 11.3 Å². The van der Waals surface area contributed by atoms with Crippen molar-refractivity contribution in [2.24, 2.45) is 11.8 Å². The summed E-state index contributed by atoms with van der Waals surface area (Å²) in [4.78, 5) is 36.3. The van der Waals surface area contributed by atoms with Gasteiger partial charge in [-0.1, -0.05) is 6.92 Å². The lowest BCUT2D eigenvalue weighted by molar-refractivity contribution is -0.121. The number of amides is 1. The van der Waals surface area contributed by atoms with Crippen LogP contribution in [0, 0.1) is 11.8 Å². The summed E-state index contributed by atoms with van der Waals surface area (Å²) >= 11 is 3.02. The molecule has 2 N–H and O–H groups in total. The van der Waals surface area contributed by atoms with E-state index in [9.17, 15) is 14.4 Å². The van der Waals surface area contributed by atoms with Crippen LogP contribution >= 0.6 is 15.9 Å². The standard InChI is InChI=1S/C11H14BrN3O3/c1-6-2-7(6)3-13-9(16)5-15-4-8(12)10(17)14-11(15)18/h4,6-7H,2-3,5H2,1H3,(H,13,16)(H,14,17,18)/t6-,7+/m1/s1. The molecule has 1 amide bonds. The van der Waals surface area contributed by atoms with E-state index in [1.165, 1.54) is 6.20 Å². The van der Waals surface area contributed by atoms with E-state index in [1.54, 1.807) is 0 Å². The summed E-state index contributed by atoms with van der Waals surface area (Å²) < 4.78 is 1.39. The Hall–Kier alpha value is -1.37. The van der Waals surface area contributed by atoms with Gasteiger partial charge in [0, 0.05) is 12.7 Å². The van der Waals surface area contributed by atoms with Crippen molar-refractivity contribution in [3.63, 3.8) is 0 Å². The molecule has 0 saturated heterocycles. The highest BCUT2D eigenvalue weighted by Crippen LogP contribution is 2.36. The maximum atomic E-state index is 11.6. The normalized spacial score (nSPS) is 21.7. The Morgan fingerprint density at radius 1 is 1.61 bits per heavy atom.